The van der Waals surface area contributed by atoms with Crippen LogP contribution >= 0.6 is 0 Å². The predicted octanol–water partition coefficient (Wildman–Crippen LogP) is 11.6. The first-order valence-electron chi connectivity index (χ1n) is 17.8. The van der Waals surface area contributed by atoms with Gasteiger partial charge in [0, 0.05) is 20.4 Å². The van der Waals surface area contributed by atoms with E-state index in [1.807, 2.05) is 182 Å². The Bertz CT molecular complexity index is 2110. The monoisotopic (exact) mass is 911 g/mol. The molecule has 0 aliphatic carbocycles. The van der Waals surface area contributed by atoms with E-state index in [4.69, 9.17) is 0 Å². The minimum absolute atomic E-state index is 0. The van der Waals surface area contributed by atoms with Gasteiger partial charge in [-0.25, -0.2) is 0 Å². The summed E-state index contributed by atoms with van der Waals surface area (Å²) in [6, 6.07) is 58.3. The van der Waals surface area contributed by atoms with Crippen LogP contribution in [-0.4, -0.2) is 17.3 Å². The van der Waals surface area contributed by atoms with Crippen molar-refractivity contribution in [3.8, 4) is 0 Å². The molecule has 6 aromatic rings. The van der Waals surface area contributed by atoms with E-state index in [2.05, 4.69) is 0 Å². The molecule has 3 nitrogen and oxygen atoms in total. The number of allylic oxidation sites excluding steroid dienone is 6. The number of hydrogen-bond acceptors (Lipinski definition) is 3. The molecular weight excluding hydrogens is 873 g/mol. The summed E-state index contributed by atoms with van der Waals surface area (Å²) in [6.07, 6.45) is 15.1. The van der Waals surface area contributed by atoms with E-state index in [1.165, 1.54) is 0 Å². The van der Waals surface area contributed by atoms with Crippen LogP contribution in [0.4, 0.5) is 0 Å². The molecule has 56 heavy (non-hydrogen) atoms. The van der Waals surface area contributed by atoms with Crippen LogP contribution in [0.5, 0.6) is 0 Å². The number of carbonyl (C=O) groups excluding carboxylic acids is 3. The van der Waals surface area contributed by atoms with Gasteiger partial charge in [-0.05, 0) is 0 Å². The van der Waals surface area contributed by atoms with Gasteiger partial charge in [0.2, 0.25) is 0 Å². The summed E-state index contributed by atoms with van der Waals surface area (Å²) in [5.74, 6) is -0.626. The molecule has 0 N–H and O–H groups in total. The Kier molecular flexibility index (Phi) is 16.1. The van der Waals surface area contributed by atoms with E-state index >= 15 is 0 Å². The van der Waals surface area contributed by atoms with Crippen LogP contribution in [-0.2, 0) is 51.6 Å². The van der Waals surface area contributed by atoms with Crippen LogP contribution in [0.25, 0.3) is 30.4 Å². The number of rotatable bonds is 15. The minimum atomic E-state index is -2.56. The number of ketones is 3. The molecule has 0 amide bonds. The Labute approximate surface area is 348 Å². The van der Waals surface area contributed by atoms with Gasteiger partial charge in [-0.2, -0.15) is 0 Å². The predicted molar refractivity (Wildman–Crippen MR) is 225 cm³/mol. The Morgan fingerprint density at radius 3 is 0.768 bits per heavy atom. The Balaban J connectivity index is 0.00000600. The van der Waals surface area contributed by atoms with E-state index in [0.29, 0.717) is 0 Å². The van der Waals surface area contributed by atoms with Crippen molar-refractivity contribution in [2.75, 3.05) is 0 Å². The van der Waals surface area contributed by atoms with Crippen molar-refractivity contribution in [2.24, 2.45) is 0 Å². The van der Waals surface area contributed by atoms with Crippen molar-refractivity contribution in [1.29, 1.82) is 0 Å². The fourth-order valence-electron chi connectivity index (χ4n) is 5.42. The third-order valence-corrected chi connectivity index (χ3v) is 12.6. The zero-order valence-electron chi connectivity index (χ0n) is 30.4. The summed E-state index contributed by atoms with van der Waals surface area (Å²) < 4.78 is 2.25. The molecule has 0 aliphatic rings. The molecule has 0 aromatic heterocycles. The van der Waals surface area contributed by atoms with Crippen LogP contribution in [0.3, 0.4) is 0 Å². The van der Waals surface area contributed by atoms with Gasteiger partial charge in [0.25, 0.3) is 0 Å². The maximum absolute atomic E-state index is 14.0. The topological polar surface area (TPSA) is 51.2 Å². The number of benzene rings is 6. The number of hydrogen-bond donors (Lipinski definition) is 0. The van der Waals surface area contributed by atoms with Crippen LogP contribution in [0.1, 0.15) is 33.4 Å². The summed E-state index contributed by atoms with van der Waals surface area (Å²) in [5, 5.41) is 0. The van der Waals surface area contributed by atoms with Gasteiger partial charge in [-0.3, -0.25) is 0 Å². The van der Waals surface area contributed by atoms with Crippen molar-refractivity contribution >= 4 is 47.7 Å². The van der Waals surface area contributed by atoms with Crippen LogP contribution in [0.2, 0.25) is 0 Å². The molecule has 0 atom stereocenters. The maximum atomic E-state index is 14.0. The molecule has 0 fully saturated rings. The molecular formula is C51H39O3Pd2. The van der Waals surface area contributed by atoms with E-state index in [1.54, 1.807) is 54.7 Å². The summed E-state index contributed by atoms with van der Waals surface area (Å²) in [5.41, 5.74) is 5.19. The average molecular weight is 913 g/mol. The van der Waals surface area contributed by atoms with Gasteiger partial charge in [0.1, 0.15) is 0 Å². The summed E-state index contributed by atoms with van der Waals surface area (Å²) in [7, 11) is 0. The zero-order valence-corrected chi connectivity index (χ0v) is 33.5. The summed E-state index contributed by atoms with van der Waals surface area (Å²) in [4.78, 5) is 42.1. The van der Waals surface area contributed by atoms with Crippen molar-refractivity contribution in [3.05, 3.63) is 252 Å². The molecule has 281 valence electrons. The molecule has 5 heteroatoms. The average Bonchev–Trinajstić information content (AvgIpc) is 3.25. The Morgan fingerprint density at radius 1 is 0.321 bits per heavy atom. The summed E-state index contributed by atoms with van der Waals surface area (Å²) in [6.45, 7) is 0. The largest absolute Gasteiger partial charge is 0 e. The van der Waals surface area contributed by atoms with Gasteiger partial charge in [0.05, 0.1) is 0 Å². The van der Waals surface area contributed by atoms with E-state index < -0.39 is 16.8 Å². The molecule has 0 radical (unpaired) electrons. The van der Waals surface area contributed by atoms with Crippen LogP contribution in [0, 0.1) is 0 Å². The van der Waals surface area contributed by atoms with Crippen molar-refractivity contribution in [1.82, 2.24) is 0 Å². The molecule has 0 bridgehead atoms. The van der Waals surface area contributed by atoms with Crippen molar-refractivity contribution < 1.29 is 51.6 Å². The third-order valence-electron chi connectivity index (χ3n) is 8.11. The van der Waals surface area contributed by atoms with E-state index in [9.17, 15) is 14.4 Å². The van der Waals surface area contributed by atoms with Gasteiger partial charge < -0.3 is 0 Å². The molecule has 6 rings (SSSR count). The normalized spacial score (nSPS) is 12.4. The first-order valence-corrected chi connectivity index (χ1v) is 20.1. The van der Waals surface area contributed by atoms with Crippen LogP contribution in [0.15, 0.2) is 218 Å². The van der Waals surface area contributed by atoms with Crippen LogP contribution < -0.4 is 0 Å². The van der Waals surface area contributed by atoms with Crippen molar-refractivity contribution in [2.45, 2.75) is 0 Å². The third kappa shape index (κ3) is 12.3. The molecule has 0 spiro atoms. The second kappa shape index (κ2) is 21.8. The van der Waals surface area contributed by atoms with Gasteiger partial charge in [0.15, 0.2) is 0 Å². The van der Waals surface area contributed by atoms with Gasteiger partial charge in [-0.15, -0.1) is 0 Å². The van der Waals surface area contributed by atoms with Gasteiger partial charge in [-0.1, -0.05) is 0 Å². The fourth-order valence-corrected chi connectivity index (χ4v) is 10.2. The van der Waals surface area contributed by atoms with Crippen molar-refractivity contribution in [3.63, 3.8) is 0 Å². The van der Waals surface area contributed by atoms with E-state index in [0.717, 1.165) is 45.5 Å². The first kappa shape index (κ1) is 41.3. The Morgan fingerprint density at radius 2 is 0.536 bits per heavy atom. The molecule has 6 aromatic carbocycles. The quantitative estimate of drug-likeness (QED) is 0.0762. The molecule has 0 aliphatic heterocycles. The van der Waals surface area contributed by atoms with Gasteiger partial charge >= 0.3 is 331 Å². The fraction of sp³-hybridized carbons (Fsp3) is 0. The molecule has 0 unspecified atom stereocenters. The zero-order chi connectivity index (χ0) is 38.1. The molecule has 0 saturated heterocycles. The smallest absolute Gasteiger partial charge is 0 e. The first-order chi connectivity index (χ1) is 27.0. The number of carbonyl (C=O) groups is 3. The molecule has 0 saturated carbocycles. The standard InChI is InChI=1S/3C17H13O.2Pd/c3*18-17(13-11-15-7-3-1-4-8-15)14-12-16-9-5-2-6-10-16;;/h3*1-11,13-14H;;/b3*13-11+,14-12?;;. The minimum Gasteiger partial charge on any atom is 0 e. The SMILES string of the molecule is O=C(/C=C/c1ccccc1)/C=[C](\c1ccccc1)[Pd](/[C](=C/C(=O)/C=C/c1ccccc1)c1ccccc1)/[C](=C/C(=O)/C=C/c1ccccc1)c1ccccc1.[Pd]. The second-order valence-electron chi connectivity index (χ2n) is 12.2. The second-order valence-corrected chi connectivity index (χ2v) is 15.8. The Hall–Kier alpha value is -5.91. The summed E-state index contributed by atoms with van der Waals surface area (Å²) >= 11 is -2.56. The van der Waals surface area contributed by atoms with E-state index in [-0.39, 0.29) is 37.8 Å². The maximum Gasteiger partial charge on any atom is 0 e. The molecule has 0 heterocycles.